The Morgan fingerprint density at radius 3 is 2.95 bits per heavy atom. The molecule has 0 atom stereocenters. The molecule has 0 aliphatic rings. The third-order valence-electron chi connectivity index (χ3n) is 3.02. The number of nitrogens with zero attached hydrogens (tertiary/aromatic N) is 2. The summed E-state index contributed by atoms with van der Waals surface area (Å²) in [7, 11) is 3.45. The molecule has 6 heteroatoms. The lowest BCUT2D eigenvalue weighted by atomic mass is 10.2. The zero-order valence-electron chi connectivity index (χ0n) is 12.0. The van der Waals surface area contributed by atoms with Gasteiger partial charge in [-0.3, -0.25) is 9.69 Å². The minimum atomic E-state index is -0.210. The van der Waals surface area contributed by atoms with E-state index in [9.17, 15) is 4.79 Å². The number of hydrogen-bond acceptors (Lipinski definition) is 5. The van der Waals surface area contributed by atoms with E-state index in [4.69, 9.17) is 15.9 Å². The highest BCUT2D eigenvalue weighted by Gasteiger charge is 2.10. The average molecular weight is 287 g/mol. The molecule has 0 aliphatic heterocycles. The molecule has 21 heavy (non-hydrogen) atoms. The second-order valence-electron chi connectivity index (χ2n) is 4.54. The predicted molar refractivity (Wildman–Crippen MR) is 80.7 cm³/mol. The molecule has 6 nitrogen and oxygen atoms in total. The van der Waals surface area contributed by atoms with Gasteiger partial charge in [-0.2, -0.15) is 0 Å². The van der Waals surface area contributed by atoms with Crippen molar-refractivity contribution in [2.24, 2.45) is 0 Å². The van der Waals surface area contributed by atoms with Gasteiger partial charge in [0.15, 0.2) is 11.5 Å². The van der Waals surface area contributed by atoms with Gasteiger partial charge >= 0.3 is 0 Å². The molecule has 0 amide bonds. The number of benzene rings is 1. The van der Waals surface area contributed by atoms with Crippen LogP contribution in [0.1, 0.15) is 0 Å². The van der Waals surface area contributed by atoms with Gasteiger partial charge in [-0.05, 0) is 13.1 Å². The van der Waals surface area contributed by atoms with Crippen molar-refractivity contribution in [2.75, 3.05) is 33.9 Å². The first-order valence-electron chi connectivity index (χ1n) is 6.46. The number of H-pyrrole nitrogens is 1. The third kappa shape index (κ3) is 3.52. The summed E-state index contributed by atoms with van der Waals surface area (Å²) >= 11 is 0. The summed E-state index contributed by atoms with van der Waals surface area (Å²) in [6.45, 7) is 1.71. The van der Waals surface area contributed by atoms with Crippen LogP contribution < -0.4 is 15.0 Å². The maximum absolute atomic E-state index is 11.7. The molecule has 0 radical (unpaired) electrons. The van der Waals surface area contributed by atoms with Crippen LogP contribution in [-0.2, 0) is 0 Å². The monoisotopic (exact) mass is 287 g/mol. The summed E-state index contributed by atoms with van der Waals surface area (Å²) in [4.78, 5) is 20.3. The zero-order valence-corrected chi connectivity index (χ0v) is 12.0. The molecule has 1 heterocycles. The molecule has 2 aromatic rings. The van der Waals surface area contributed by atoms with Gasteiger partial charge in [0.25, 0.3) is 5.56 Å². The average Bonchev–Trinajstić information content (AvgIpc) is 2.47. The number of methoxy groups -OCH3 is 1. The van der Waals surface area contributed by atoms with Gasteiger partial charge in [0.2, 0.25) is 0 Å². The fraction of sp³-hybridized carbons (Fsp3) is 0.333. The van der Waals surface area contributed by atoms with E-state index in [0.717, 1.165) is 0 Å². The van der Waals surface area contributed by atoms with E-state index in [1.54, 1.807) is 12.1 Å². The molecule has 0 spiro atoms. The molecular weight excluding hydrogens is 270 g/mol. The summed E-state index contributed by atoms with van der Waals surface area (Å²) in [5.74, 6) is 3.62. The first kappa shape index (κ1) is 14.9. The molecular formula is C15H17N3O3. The molecule has 1 aromatic carbocycles. The van der Waals surface area contributed by atoms with Gasteiger partial charge in [0.1, 0.15) is 6.61 Å². The summed E-state index contributed by atoms with van der Waals surface area (Å²) in [6.07, 6.45) is 6.60. The molecule has 0 saturated carbocycles. The van der Waals surface area contributed by atoms with Crippen LogP contribution in [0.2, 0.25) is 0 Å². The minimum absolute atomic E-state index is 0.210. The van der Waals surface area contributed by atoms with Gasteiger partial charge in [-0.25, -0.2) is 4.98 Å². The summed E-state index contributed by atoms with van der Waals surface area (Å²) in [6, 6.07) is 3.33. The smallest absolute Gasteiger partial charge is 0.258 e. The lowest BCUT2D eigenvalue weighted by Gasteiger charge is -2.15. The number of fused-ring (bicyclic) bond motifs is 1. The van der Waals surface area contributed by atoms with E-state index in [1.165, 1.54) is 13.4 Å². The number of ether oxygens (including phenoxy) is 2. The van der Waals surface area contributed by atoms with E-state index < -0.39 is 0 Å². The van der Waals surface area contributed by atoms with E-state index in [-0.39, 0.29) is 5.56 Å². The third-order valence-corrected chi connectivity index (χ3v) is 3.02. The van der Waals surface area contributed by atoms with E-state index in [1.807, 2.05) is 11.9 Å². The SMILES string of the molecule is C#CCN(C)CCOc1cc2nc[nH]c(=O)c2cc1OC. The van der Waals surface area contributed by atoms with Crippen LogP contribution in [0.15, 0.2) is 23.3 Å². The molecule has 0 bridgehead atoms. The lowest BCUT2D eigenvalue weighted by Crippen LogP contribution is -2.24. The normalized spacial score (nSPS) is 10.6. The second kappa shape index (κ2) is 6.77. The number of rotatable bonds is 6. The number of hydrogen-bond donors (Lipinski definition) is 1. The second-order valence-corrected chi connectivity index (χ2v) is 4.54. The van der Waals surface area contributed by atoms with Crippen LogP contribution in [0.4, 0.5) is 0 Å². The van der Waals surface area contributed by atoms with Crippen LogP contribution >= 0.6 is 0 Å². The number of likely N-dealkylation sites (N-methyl/N-ethyl adjacent to an activating group) is 1. The highest BCUT2D eigenvalue weighted by molar-refractivity contribution is 5.81. The topological polar surface area (TPSA) is 67.5 Å². The van der Waals surface area contributed by atoms with Gasteiger partial charge in [0, 0.05) is 12.6 Å². The van der Waals surface area contributed by atoms with Gasteiger partial charge < -0.3 is 14.5 Å². The number of terminal acetylenes is 1. The van der Waals surface area contributed by atoms with E-state index in [0.29, 0.717) is 42.1 Å². The Kier molecular flexibility index (Phi) is 4.80. The predicted octanol–water partition coefficient (Wildman–Crippen LogP) is 0.875. The van der Waals surface area contributed by atoms with E-state index in [2.05, 4.69) is 15.9 Å². The Labute approximate surface area is 122 Å². The van der Waals surface area contributed by atoms with Crippen LogP contribution in [0.25, 0.3) is 10.9 Å². The standard InChI is InChI=1S/C15H17N3O3/c1-4-5-18(2)6-7-21-14-9-12-11(8-13(14)20-3)15(19)17-10-16-12/h1,8-10H,5-7H2,2-3H3,(H,16,17,19). The molecule has 110 valence electrons. The van der Waals surface area contributed by atoms with Crippen molar-refractivity contribution in [3.8, 4) is 23.8 Å². The fourth-order valence-corrected chi connectivity index (χ4v) is 1.89. The van der Waals surface area contributed by atoms with Crippen molar-refractivity contribution in [1.29, 1.82) is 0 Å². The molecule has 0 aliphatic carbocycles. The van der Waals surface area contributed by atoms with Gasteiger partial charge in [-0.1, -0.05) is 5.92 Å². The summed E-state index contributed by atoms with van der Waals surface area (Å²) in [5.41, 5.74) is 0.352. The van der Waals surface area contributed by atoms with Gasteiger partial charge in [0.05, 0.1) is 30.9 Å². The molecule has 0 saturated heterocycles. The van der Waals surface area contributed by atoms with Crippen LogP contribution in [0, 0.1) is 12.3 Å². The van der Waals surface area contributed by atoms with Gasteiger partial charge in [-0.15, -0.1) is 6.42 Å². The van der Waals surface area contributed by atoms with Crippen molar-refractivity contribution >= 4 is 10.9 Å². The highest BCUT2D eigenvalue weighted by Crippen LogP contribution is 2.30. The molecule has 1 N–H and O–H groups in total. The van der Waals surface area contributed by atoms with Crippen LogP contribution in [-0.4, -0.2) is 48.7 Å². The number of aromatic nitrogens is 2. The highest BCUT2D eigenvalue weighted by atomic mass is 16.5. The fourth-order valence-electron chi connectivity index (χ4n) is 1.89. The summed E-state index contributed by atoms with van der Waals surface area (Å²) in [5, 5.41) is 0.464. The zero-order chi connectivity index (χ0) is 15.2. The van der Waals surface area contributed by atoms with E-state index >= 15 is 0 Å². The largest absolute Gasteiger partial charge is 0.493 e. The van der Waals surface area contributed by atoms with Crippen molar-refractivity contribution in [2.45, 2.75) is 0 Å². The van der Waals surface area contributed by atoms with Crippen molar-refractivity contribution < 1.29 is 9.47 Å². The molecule has 1 aromatic heterocycles. The maximum atomic E-state index is 11.7. The quantitative estimate of drug-likeness (QED) is 0.799. The minimum Gasteiger partial charge on any atom is -0.493 e. The number of aromatic amines is 1. The first-order valence-corrected chi connectivity index (χ1v) is 6.46. The van der Waals surface area contributed by atoms with Crippen molar-refractivity contribution in [1.82, 2.24) is 14.9 Å². The Hall–Kier alpha value is -2.52. The maximum Gasteiger partial charge on any atom is 0.258 e. The molecule has 0 unspecified atom stereocenters. The Morgan fingerprint density at radius 1 is 1.43 bits per heavy atom. The van der Waals surface area contributed by atoms with Crippen LogP contribution in [0.3, 0.4) is 0 Å². The Morgan fingerprint density at radius 2 is 2.24 bits per heavy atom. The van der Waals surface area contributed by atoms with Crippen molar-refractivity contribution in [3.63, 3.8) is 0 Å². The summed E-state index contributed by atoms with van der Waals surface area (Å²) < 4.78 is 11.0. The molecule has 0 fully saturated rings. The lowest BCUT2D eigenvalue weighted by molar-refractivity contribution is 0.242. The Balaban J connectivity index is 2.19. The Bertz CT molecular complexity index is 718. The van der Waals surface area contributed by atoms with Crippen molar-refractivity contribution in [3.05, 3.63) is 28.8 Å². The number of nitrogens with one attached hydrogen (secondary N) is 1. The van der Waals surface area contributed by atoms with Crippen LogP contribution in [0.5, 0.6) is 11.5 Å². The molecule has 2 rings (SSSR count). The first-order chi connectivity index (χ1) is 10.2.